The molecule has 4 aliphatic rings. The normalized spacial score (nSPS) is 20.5. The van der Waals surface area contributed by atoms with Gasteiger partial charge in [0.05, 0.1) is 18.1 Å². The molecule has 2 N–H and O–H groups in total. The summed E-state index contributed by atoms with van der Waals surface area (Å²) in [7, 11) is 0. The lowest BCUT2D eigenvalue weighted by molar-refractivity contribution is -0.125. The maximum atomic E-state index is 13.4. The topological polar surface area (TPSA) is 123 Å². The van der Waals surface area contributed by atoms with Crippen molar-refractivity contribution in [2.45, 2.75) is 75.7 Å². The number of likely N-dealkylation sites (tertiary alicyclic amines) is 2. The van der Waals surface area contributed by atoms with E-state index in [0.29, 0.717) is 12.0 Å². The zero-order chi connectivity index (χ0) is 40.1. The highest BCUT2D eigenvalue weighted by Crippen LogP contribution is 2.33. The minimum absolute atomic E-state index is 0.0765. The van der Waals surface area contributed by atoms with Gasteiger partial charge in [-0.25, -0.2) is 0 Å². The number of nitrogens with one attached hydrogen (secondary N) is 2. The molecule has 2 aromatic heterocycles. The standard InChI is InChI=1S/C29H30N4O2.C18H24N4O2/c34-28(25-16-9-10-18-33(25)29-31-24-15-7-8-17-26(24)35-29)30-23-19-32(20-23)27(21-11-3-1-4-12-21)22-13-5-2-6-14-22;1-2-21-11-13(12-21)19-17(23)15-8-5-6-10-22(15)18-20-14-7-3-4-9-16(14)24-18/h1-8,11-15,17,23,25,27H,9-10,16,18-20H2,(H,30,34);3-4,7,9,13,15H,2,5-6,8,10-12H2,1H3,(H,19,23)/t25-;15-/m00/s1. The molecule has 0 spiro atoms. The molecule has 6 aromatic rings. The molecule has 0 unspecified atom stereocenters. The third kappa shape index (κ3) is 8.56. The number of para-hydroxylation sites is 4. The van der Waals surface area contributed by atoms with Gasteiger partial charge in [0.1, 0.15) is 23.1 Å². The van der Waals surface area contributed by atoms with E-state index in [1.54, 1.807) is 0 Å². The van der Waals surface area contributed by atoms with Crippen molar-refractivity contribution in [3.05, 3.63) is 120 Å². The molecular formula is C47H54N8O4. The van der Waals surface area contributed by atoms with Crippen molar-refractivity contribution in [2.75, 3.05) is 55.6 Å². The molecule has 10 rings (SSSR count). The fraction of sp³-hybridized carbons (Fsp3) is 0.404. The summed E-state index contributed by atoms with van der Waals surface area (Å²) in [6.45, 7) is 8.36. The predicted octanol–water partition coefficient (Wildman–Crippen LogP) is 6.78. The highest BCUT2D eigenvalue weighted by Gasteiger charge is 2.39. The molecule has 0 saturated carbocycles. The van der Waals surface area contributed by atoms with Crippen LogP contribution in [0.5, 0.6) is 0 Å². The highest BCUT2D eigenvalue weighted by atomic mass is 16.4. The number of aromatic nitrogens is 2. The first-order valence-electron chi connectivity index (χ1n) is 21.4. The SMILES string of the molecule is CCN1CC(NC(=O)[C@@H]2CCCCN2c2nc3ccccc3o2)C1.O=C(NC1CN(C(c2ccccc2)c2ccccc2)C1)[C@@H]1CCCCN1c1nc2ccccc2o1. The Bertz CT molecular complexity index is 2210. The number of anilines is 2. The second kappa shape index (κ2) is 17.6. The van der Waals surface area contributed by atoms with Crippen LogP contribution in [0.25, 0.3) is 22.2 Å². The van der Waals surface area contributed by atoms with Crippen molar-refractivity contribution in [1.82, 2.24) is 30.4 Å². The molecule has 4 fully saturated rings. The number of carbonyl (C=O) groups excluding carboxylic acids is 2. The number of rotatable bonds is 10. The Morgan fingerprint density at radius 1 is 0.610 bits per heavy atom. The summed E-state index contributed by atoms with van der Waals surface area (Å²) < 4.78 is 11.9. The van der Waals surface area contributed by atoms with E-state index in [1.807, 2.05) is 58.3 Å². The van der Waals surface area contributed by atoms with Crippen molar-refractivity contribution in [2.24, 2.45) is 0 Å². The summed E-state index contributed by atoms with van der Waals surface area (Å²) in [5.41, 5.74) is 5.75. The van der Waals surface area contributed by atoms with Crippen molar-refractivity contribution in [1.29, 1.82) is 0 Å². The van der Waals surface area contributed by atoms with E-state index in [2.05, 4.69) is 98.0 Å². The Morgan fingerprint density at radius 2 is 1.05 bits per heavy atom. The van der Waals surface area contributed by atoms with Crippen molar-refractivity contribution < 1.29 is 18.4 Å². The molecule has 0 bridgehead atoms. The van der Waals surface area contributed by atoms with Gasteiger partial charge in [-0.1, -0.05) is 91.9 Å². The molecule has 12 nitrogen and oxygen atoms in total. The fourth-order valence-corrected chi connectivity index (χ4v) is 9.05. The summed E-state index contributed by atoms with van der Waals surface area (Å²) >= 11 is 0. The first-order valence-corrected chi connectivity index (χ1v) is 21.4. The largest absolute Gasteiger partial charge is 0.423 e. The second-order valence-corrected chi connectivity index (χ2v) is 16.3. The average molecular weight is 795 g/mol. The molecule has 4 saturated heterocycles. The van der Waals surface area contributed by atoms with E-state index in [0.717, 1.165) is 107 Å². The number of hydrogen-bond acceptors (Lipinski definition) is 10. The van der Waals surface area contributed by atoms with E-state index in [1.165, 1.54) is 11.1 Å². The fourth-order valence-electron chi connectivity index (χ4n) is 9.05. The zero-order valence-corrected chi connectivity index (χ0v) is 33.8. The molecule has 0 aliphatic carbocycles. The van der Waals surface area contributed by atoms with Crippen molar-refractivity contribution in [3.63, 3.8) is 0 Å². The summed E-state index contributed by atoms with van der Waals surface area (Å²) in [6.07, 6.45) is 5.88. The van der Waals surface area contributed by atoms with Gasteiger partial charge in [0, 0.05) is 39.3 Å². The number of likely N-dealkylation sites (N-methyl/N-ethyl adjacent to an activating group) is 1. The van der Waals surface area contributed by atoms with Gasteiger partial charge < -0.3 is 29.3 Å². The number of piperidine rings is 2. The minimum Gasteiger partial charge on any atom is -0.423 e. The third-order valence-electron chi connectivity index (χ3n) is 12.3. The maximum absolute atomic E-state index is 13.4. The Labute approximate surface area is 345 Å². The van der Waals surface area contributed by atoms with E-state index < -0.39 is 0 Å². The monoisotopic (exact) mass is 794 g/mol. The lowest BCUT2D eigenvalue weighted by Crippen LogP contribution is -2.63. The van der Waals surface area contributed by atoms with E-state index in [-0.39, 0.29) is 42.0 Å². The van der Waals surface area contributed by atoms with E-state index in [4.69, 9.17) is 8.83 Å². The number of fused-ring (bicyclic) bond motifs is 2. The third-order valence-corrected chi connectivity index (χ3v) is 12.3. The van der Waals surface area contributed by atoms with Crippen LogP contribution in [0.2, 0.25) is 0 Å². The van der Waals surface area contributed by atoms with Crippen LogP contribution < -0.4 is 20.4 Å². The first-order chi connectivity index (χ1) is 29.0. The van der Waals surface area contributed by atoms with Crippen LogP contribution in [0.3, 0.4) is 0 Å². The Morgan fingerprint density at radius 3 is 1.51 bits per heavy atom. The lowest BCUT2D eigenvalue weighted by Gasteiger charge is -2.45. The summed E-state index contributed by atoms with van der Waals surface area (Å²) in [5.74, 6) is 0.185. The quantitative estimate of drug-likeness (QED) is 0.153. The van der Waals surface area contributed by atoms with Crippen LogP contribution in [0.15, 0.2) is 118 Å². The molecule has 2 amide bonds. The molecule has 306 valence electrons. The summed E-state index contributed by atoms with van der Waals surface area (Å²) in [5, 5.41) is 6.51. The number of amides is 2. The molecule has 12 heteroatoms. The molecular weight excluding hydrogens is 741 g/mol. The zero-order valence-electron chi connectivity index (χ0n) is 33.8. The van der Waals surface area contributed by atoms with Gasteiger partial charge in [0.2, 0.25) is 11.8 Å². The van der Waals surface area contributed by atoms with Crippen LogP contribution in [-0.4, -0.2) is 102 Å². The van der Waals surface area contributed by atoms with Crippen molar-refractivity contribution >= 4 is 46.0 Å². The number of carbonyl (C=O) groups is 2. The van der Waals surface area contributed by atoms with Crippen LogP contribution in [0, 0.1) is 0 Å². The number of nitrogens with zero attached hydrogens (tertiary/aromatic N) is 6. The first kappa shape index (κ1) is 38.8. The number of hydrogen-bond donors (Lipinski definition) is 2. The Kier molecular flexibility index (Phi) is 11.6. The smallest absolute Gasteiger partial charge is 0.299 e. The van der Waals surface area contributed by atoms with Crippen LogP contribution in [0.1, 0.15) is 62.6 Å². The van der Waals surface area contributed by atoms with Gasteiger partial charge in [0.25, 0.3) is 12.0 Å². The van der Waals surface area contributed by atoms with E-state index >= 15 is 0 Å². The molecule has 2 atom stereocenters. The Hall–Kier alpha value is -5.72. The summed E-state index contributed by atoms with van der Waals surface area (Å²) in [6, 6.07) is 38.0. The van der Waals surface area contributed by atoms with Crippen molar-refractivity contribution in [3.8, 4) is 0 Å². The number of oxazole rings is 2. The summed E-state index contributed by atoms with van der Waals surface area (Å²) in [4.78, 5) is 44.2. The van der Waals surface area contributed by atoms with Crippen LogP contribution in [-0.2, 0) is 9.59 Å². The molecule has 0 radical (unpaired) electrons. The van der Waals surface area contributed by atoms with Gasteiger partial charge >= 0.3 is 0 Å². The Balaban J connectivity index is 0.000000163. The van der Waals surface area contributed by atoms with Gasteiger partial charge in [-0.05, 0) is 80.5 Å². The highest BCUT2D eigenvalue weighted by molar-refractivity contribution is 5.86. The van der Waals surface area contributed by atoms with E-state index in [9.17, 15) is 9.59 Å². The molecule has 6 heterocycles. The van der Waals surface area contributed by atoms with Gasteiger partial charge in [-0.3, -0.25) is 19.4 Å². The lowest BCUT2D eigenvalue weighted by atomic mass is 9.93. The molecule has 4 aromatic carbocycles. The van der Waals surface area contributed by atoms with Gasteiger partial charge in [-0.2, -0.15) is 9.97 Å². The second-order valence-electron chi connectivity index (χ2n) is 16.3. The average Bonchev–Trinajstić information content (AvgIpc) is 3.90. The molecule has 4 aliphatic heterocycles. The number of benzene rings is 4. The van der Waals surface area contributed by atoms with Gasteiger partial charge in [0.15, 0.2) is 11.2 Å². The van der Waals surface area contributed by atoms with Gasteiger partial charge in [-0.15, -0.1) is 0 Å². The maximum Gasteiger partial charge on any atom is 0.299 e. The minimum atomic E-state index is -0.245. The van der Waals surface area contributed by atoms with Crippen LogP contribution >= 0.6 is 0 Å². The van der Waals surface area contributed by atoms with Crippen LogP contribution in [0.4, 0.5) is 12.0 Å². The predicted molar refractivity (Wildman–Crippen MR) is 230 cm³/mol. The molecule has 59 heavy (non-hydrogen) atoms.